The van der Waals surface area contributed by atoms with Gasteiger partial charge in [0, 0.05) is 12.5 Å². The summed E-state index contributed by atoms with van der Waals surface area (Å²) in [6.45, 7) is 5.26. The lowest BCUT2D eigenvalue weighted by molar-refractivity contribution is -0.138. The second kappa shape index (κ2) is 8.82. The molecule has 0 aliphatic heterocycles. The fourth-order valence-electron chi connectivity index (χ4n) is 1.85. The van der Waals surface area contributed by atoms with Gasteiger partial charge in [0.25, 0.3) is 0 Å². The minimum Gasteiger partial charge on any atom is -0.493 e. The number of hydrogen-bond acceptors (Lipinski definition) is 6. The van der Waals surface area contributed by atoms with Crippen LogP contribution in [0.1, 0.15) is 32.8 Å². The third kappa shape index (κ3) is 5.32. The molecule has 0 aliphatic rings. The molecule has 1 aromatic rings. The highest BCUT2D eigenvalue weighted by Crippen LogP contribution is 2.39. The van der Waals surface area contributed by atoms with Crippen LogP contribution in [0, 0.1) is 0 Å². The second-order valence-corrected chi connectivity index (χ2v) is 4.81. The van der Waals surface area contributed by atoms with Crippen LogP contribution in [0.15, 0.2) is 17.7 Å². The first kappa shape index (κ1) is 18.5. The average Bonchev–Trinajstić information content (AvgIpc) is 2.52. The normalized spacial score (nSPS) is 10.9. The quantitative estimate of drug-likeness (QED) is 0.436. The predicted molar refractivity (Wildman–Crippen MR) is 85.8 cm³/mol. The van der Waals surface area contributed by atoms with Crippen molar-refractivity contribution < 1.29 is 28.5 Å². The number of benzene rings is 1. The molecule has 6 nitrogen and oxygen atoms in total. The van der Waals surface area contributed by atoms with Crippen molar-refractivity contribution >= 4 is 18.0 Å². The Bertz CT molecular complexity index is 578. The molecule has 0 N–H and O–H groups in total. The number of esters is 2. The van der Waals surface area contributed by atoms with Crippen molar-refractivity contribution in [3.8, 4) is 17.2 Å². The first-order chi connectivity index (χ1) is 10.9. The lowest BCUT2D eigenvalue weighted by Crippen LogP contribution is -2.07. The first-order valence-corrected chi connectivity index (χ1v) is 7.22. The molecule has 126 valence electrons. The molecule has 0 atom stereocenters. The van der Waals surface area contributed by atoms with Crippen molar-refractivity contribution in [2.24, 2.45) is 0 Å². The fraction of sp³-hybridized carbons (Fsp3) is 0.412. The van der Waals surface area contributed by atoms with Crippen LogP contribution in [0.4, 0.5) is 0 Å². The molecule has 0 aliphatic carbocycles. The minimum absolute atomic E-state index is 0.200. The Morgan fingerprint density at radius 2 is 1.65 bits per heavy atom. The van der Waals surface area contributed by atoms with Gasteiger partial charge in [0.15, 0.2) is 11.5 Å². The number of rotatable bonds is 7. The highest BCUT2D eigenvalue weighted by molar-refractivity contribution is 5.93. The Kier molecular flexibility index (Phi) is 7.12. The monoisotopic (exact) mass is 322 g/mol. The molecule has 1 aromatic carbocycles. The lowest BCUT2D eigenvalue weighted by Gasteiger charge is -2.13. The average molecular weight is 322 g/mol. The molecular weight excluding hydrogens is 300 g/mol. The highest BCUT2D eigenvalue weighted by Gasteiger charge is 2.16. The number of methoxy groups -OCH3 is 2. The van der Waals surface area contributed by atoms with Gasteiger partial charge in [-0.05, 0) is 37.1 Å². The summed E-state index contributed by atoms with van der Waals surface area (Å²) >= 11 is 0. The molecular formula is C17H22O6. The topological polar surface area (TPSA) is 71.1 Å². The molecule has 0 unspecified atom stereocenters. The van der Waals surface area contributed by atoms with Crippen LogP contribution >= 0.6 is 0 Å². The van der Waals surface area contributed by atoms with Crippen molar-refractivity contribution in [2.45, 2.75) is 27.2 Å². The van der Waals surface area contributed by atoms with Gasteiger partial charge in [0.05, 0.1) is 20.8 Å². The third-order valence-corrected chi connectivity index (χ3v) is 2.87. The number of hydrogen-bond donors (Lipinski definition) is 0. The van der Waals surface area contributed by atoms with E-state index in [1.807, 2.05) is 6.92 Å². The molecule has 0 spiro atoms. The summed E-state index contributed by atoms with van der Waals surface area (Å²) in [4.78, 5) is 23.0. The van der Waals surface area contributed by atoms with Crippen molar-refractivity contribution in [3.63, 3.8) is 0 Å². The van der Waals surface area contributed by atoms with Crippen LogP contribution < -0.4 is 14.2 Å². The van der Waals surface area contributed by atoms with Gasteiger partial charge in [0.2, 0.25) is 5.75 Å². The fourth-order valence-corrected chi connectivity index (χ4v) is 1.85. The van der Waals surface area contributed by atoms with E-state index in [2.05, 4.69) is 0 Å². The summed E-state index contributed by atoms with van der Waals surface area (Å²) in [6, 6.07) is 3.30. The molecule has 23 heavy (non-hydrogen) atoms. The van der Waals surface area contributed by atoms with Gasteiger partial charge in [-0.25, -0.2) is 4.79 Å². The van der Waals surface area contributed by atoms with E-state index in [4.69, 9.17) is 18.9 Å². The number of ether oxygens (including phenoxy) is 4. The maximum absolute atomic E-state index is 11.8. The van der Waals surface area contributed by atoms with E-state index in [0.717, 1.165) is 6.42 Å². The summed E-state index contributed by atoms with van der Waals surface area (Å²) < 4.78 is 20.7. The first-order valence-electron chi connectivity index (χ1n) is 7.22. The second-order valence-electron chi connectivity index (χ2n) is 4.81. The van der Waals surface area contributed by atoms with E-state index in [1.54, 1.807) is 25.1 Å². The van der Waals surface area contributed by atoms with Gasteiger partial charge >= 0.3 is 11.9 Å². The minimum atomic E-state index is -0.482. The van der Waals surface area contributed by atoms with Gasteiger partial charge in [-0.15, -0.1) is 0 Å². The molecule has 0 saturated carbocycles. The van der Waals surface area contributed by atoms with Crippen molar-refractivity contribution in [1.82, 2.24) is 0 Å². The molecule has 0 fully saturated rings. The molecule has 0 saturated heterocycles. The SMILES string of the molecule is CCCOC(=O)/C(C)=C/c1cc(OC)c(OC(C)=O)c(OC)c1. The van der Waals surface area contributed by atoms with Crippen molar-refractivity contribution in [1.29, 1.82) is 0 Å². The van der Waals surface area contributed by atoms with E-state index in [1.165, 1.54) is 21.1 Å². The van der Waals surface area contributed by atoms with Crippen LogP contribution in [-0.4, -0.2) is 32.8 Å². The summed E-state index contributed by atoms with van der Waals surface area (Å²) in [5, 5.41) is 0. The van der Waals surface area contributed by atoms with E-state index >= 15 is 0 Å². The Labute approximate surface area is 136 Å². The largest absolute Gasteiger partial charge is 0.493 e. The summed E-state index contributed by atoms with van der Waals surface area (Å²) in [6.07, 6.45) is 2.42. The smallest absolute Gasteiger partial charge is 0.333 e. The zero-order chi connectivity index (χ0) is 17.4. The van der Waals surface area contributed by atoms with Gasteiger partial charge in [-0.2, -0.15) is 0 Å². The van der Waals surface area contributed by atoms with Crippen LogP contribution in [0.25, 0.3) is 6.08 Å². The molecule has 0 aromatic heterocycles. The van der Waals surface area contributed by atoms with E-state index < -0.39 is 5.97 Å². The van der Waals surface area contributed by atoms with Crippen LogP contribution in [0.5, 0.6) is 17.2 Å². The van der Waals surface area contributed by atoms with Crippen molar-refractivity contribution in [3.05, 3.63) is 23.3 Å². The zero-order valence-corrected chi connectivity index (χ0v) is 14.1. The number of carbonyl (C=O) groups is 2. The Hall–Kier alpha value is -2.50. The molecule has 0 bridgehead atoms. The van der Waals surface area contributed by atoms with Gasteiger partial charge in [-0.1, -0.05) is 6.92 Å². The Balaban J connectivity index is 3.18. The molecule has 1 rings (SSSR count). The van der Waals surface area contributed by atoms with Crippen LogP contribution in [-0.2, 0) is 14.3 Å². The molecule has 0 heterocycles. The van der Waals surface area contributed by atoms with E-state index in [0.29, 0.717) is 29.2 Å². The third-order valence-electron chi connectivity index (χ3n) is 2.87. The highest BCUT2D eigenvalue weighted by atomic mass is 16.6. The summed E-state index contributed by atoms with van der Waals surface area (Å²) in [5.74, 6) is 0.00461. The van der Waals surface area contributed by atoms with Gasteiger partial charge in [0.1, 0.15) is 0 Å². The lowest BCUT2D eigenvalue weighted by atomic mass is 10.1. The van der Waals surface area contributed by atoms with Gasteiger partial charge in [-0.3, -0.25) is 4.79 Å². The predicted octanol–water partition coefficient (Wildman–Crippen LogP) is 2.99. The zero-order valence-electron chi connectivity index (χ0n) is 14.1. The molecule has 0 amide bonds. The van der Waals surface area contributed by atoms with Crippen molar-refractivity contribution in [2.75, 3.05) is 20.8 Å². The Morgan fingerprint density at radius 1 is 1.09 bits per heavy atom. The van der Waals surface area contributed by atoms with E-state index in [-0.39, 0.29) is 11.7 Å². The summed E-state index contributed by atoms with van der Waals surface area (Å²) in [5.41, 5.74) is 1.11. The van der Waals surface area contributed by atoms with E-state index in [9.17, 15) is 9.59 Å². The maximum atomic E-state index is 11.8. The number of carbonyl (C=O) groups excluding carboxylic acids is 2. The summed E-state index contributed by atoms with van der Waals surface area (Å²) in [7, 11) is 2.91. The van der Waals surface area contributed by atoms with Gasteiger partial charge < -0.3 is 18.9 Å². The molecule has 6 heteroatoms. The van der Waals surface area contributed by atoms with Crippen LogP contribution in [0.2, 0.25) is 0 Å². The van der Waals surface area contributed by atoms with Crippen LogP contribution in [0.3, 0.4) is 0 Å². The maximum Gasteiger partial charge on any atom is 0.333 e. The standard InChI is InChI=1S/C17H22O6/c1-6-7-22-17(19)11(2)8-13-9-14(20-4)16(23-12(3)18)15(10-13)21-5/h8-10H,6-7H2,1-5H3/b11-8+. The Morgan fingerprint density at radius 3 is 2.09 bits per heavy atom. The molecule has 0 radical (unpaired) electrons.